The Bertz CT molecular complexity index is 5750. The molecule has 0 atom stereocenters. The van der Waals surface area contributed by atoms with Crippen LogP contribution in [0.25, 0.3) is 25.1 Å². The summed E-state index contributed by atoms with van der Waals surface area (Å²) < 4.78 is 166. The highest BCUT2D eigenvalue weighted by Gasteiger charge is 2.57. The number of hydrogen-bond donors (Lipinski definition) is 0. The van der Waals surface area contributed by atoms with E-state index in [1.807, 2.05) is 0 Å². The summed E-state index contributed by atoms with van der Waals surface area (Å²) in [5.74, 6) is 0.528. The van der Waals surface area contributed by atoms with Crippen LogP contribution in [0.2, 0.25) is 0 Å². The number of carbonyl (C=O) groups excluding carboxylic acids is 3. The van der Waals surface area contributed by atoms with Gasteiger partial charge >= 0.3 is 39.1 Å². The molecule has 1 aromatic heterocycles. The third kappa shape index (κ3) is 31.3. The zero-order valence-electron chi connectivity index (χ0n) is 73.0. The molecule has 11 aromatic carbocycles. The van der Waals surface area contributed by atoms with Crippen LogP contribution in [0.15, 0.2) is 333 Å². The first-order chi connectivity index (χ1) is 62.7. The summed E-state index contributed by atoms with van der Waals surface area (Å²) in [6.45, 7) is 1.22. The fourth-order valence-corrected chi connectivity index (χ4v) is 28.9. The molecule has 0 spiro atoms. The van der Waals surface area contributed by atoms with Gasteiger partial charge in [-0.2, -0.15) is 0 Å². The Hall–Kier alpha value is -9.02. The second-order valence-corrected chi connectivity index (χ2v) is 49.3. The molecular weight excluding hydrogens is 1910 g/mol. The molecule has 9 saturated carbocycles. The highest BCUT2D eigenvalue weighted by atomic mass is 127. The van der Waals surface area contributed by atoms with E-state index in [0.717, 1.165) is 77.8 Å². The maximum atomic E-state index is 12.6. The van der Waals surface area contributed by atoms with Crippen molar-refractivity contribution < 1.29 is 110 Å². The molecule has 21 rings (SSSR count). The number of benzene rings is 11. The molecule has 8 bridgehead atoms. The molecule has 0 aliphatic heterocycles. The van der Waals surface area contributed by atoms with E-state index in [2.05, 4.69) is 262 Å². The zero-order valence-corrected chi connectivity index (χ0v) is 80.9. The number of esters is 3. The number of rotatable bonds is 21. The van der Waals surface area contributed by atoms with Gasteiger partial charge in [-0.1, -0.05) is 170 Å². The molecule has 9 fully saturated rings. The van der Waals surface area contributed by atoms with Crippen molar-refractivity contribution in [2.45, 2.75) is 145 Å². The van der Waals surface area contributed by atoms with Gasteiger partial charge in [0.25, 0.3) is 0 Å². The zero-order chi connectivity index (χ0) is 93.2. The lowest BCUT2D eigenvalue weighted by Gasteiger charge is -2.55. The number of hydrogen-bond acceptors (Lipinski definition) is 18. The normalized spacial score (nSPS) is 20.3. The van der Waals surface area contributed by atoms with Crippen LogP contribution in [-0.4, -0.2) is 113 Å². The van der Waals surface area contributed by atoms with E-state index in [-0.39, 0.29) is 120 Å². The Morgan fingerprint density at radius 1 is 0.366 bits per heavy atom. The van der Waals surface area contributed by atoms with Gasteiger partial charge in [-0.25, -0.2) is 42.5 Å². The second kappa shape index (κ2) is 47.7. The van der Waals surface area contributed by atoms with Crippen LogP contribution in [-0.2, 0) is 90.9 Å². The molecular formula is C103H109F2IO18S7. The maximum Gasteiger partial charge on any atom is 0.357 e. The summed E-state index contributed by atoms with van der Waals surface area (Å²) in [6, 6.07) is 104. The van der Waals surface area contributed by atoms with Gasteiger partial charge in [0, 0.05) is 27.5 Å². The van der Waals surface area contributed by atoms with Crippen LogP contribution in [0.1, 0.15) is 115 Å². The van der Waals surface area contributed by atoms with E-state index in [1.165, 1.54) is 123 Å². The van der Waals surface area contributed by atoms with Crippen molar-refractivity contribution in [1.29, 1.82) is 0 Å². The average molecular weight is 2020 g/mol. The number of fused-ring (bicyclic) bond motifs is 3. The van der Waals surface area contributed by atoms with E-state index >= 15 is 0 Å². The molecule has 131 heavy (non-hydrogen) atoms. The number of thiophene rings is 1. The summed E-state index contributed by atoms with van der Waals surface area (Å²) >= 11 is -0.330. The standard InChI is InChI=1S/C19H17S.C18H13S.C18H15S.2C13H20O5S.C12H8F2I.C9H16O5S.CH4O3S/c1-16-12-14-19(15-13-16)20(17-8-4-2-5-9-17)18-10-6-3-7-11-18;1-2-8-14(9-3-1)19-17-12-6-4-10-15(17)16-11-5-7-13-18(16)19;1-4-10-16(11-5-1)19(17-12-6-2-7-13-17)18-14-8-3-9-15-18;2*14-12(18-1-2-19(15,16)17)13-6-9-3-10(7-13)5-11(4-9)8-13;13-9-1-5-11(6-2-9)15-12-7-3-10(14)4-8-12;10-9(8-4-2-1-3-5-8)14-6-7-15(11,12)13;1-5(2,3)4/h2-15H,1H3;1-13H;1-15H;2*9-11H,1-8H2,(H,15,16,17);1-8H;8H,1-7H2,(H,11,12,13);1H3,(H,2,3,4)/q3*+1;;;+1;;/p-4. The molecule has 1 heterocycles. The second-order valence-electron chi connectivity index (χ2n) is 34.2. The highest BCUT2D eigenvalue weighted by Crippen LogP contribution is 2.62. The monoisotopic (exact) mass is 2020 g/mol. The predicted molar refractivity (Wildman–Crippen MR) is 503 cm³/mol. The smallest absolute Gasteiger partial charge is 0.357 e. The van der Waals surface area contributed by atoms with Gasteiger partial charge in [-0.05, 0) is 290 Å². The first-order valence-corrected chi connectivity index (χ1v) is 56.2. The fraction of sp³-hybridized carbons (Fsp3) is 0.330. The highest BCUT2D eigenvalue weighted by molar-refractivity contribution is 7.97. The van der Waals surface area contributed by atoms with E-state index in [0.29, 0.717) is 41.8 Å². The summed E-state index contributed by atoms with van der Waals surface area (Å²) in [5, 5.41) is 2.79. The molecule has 12 aromatic rings. The number of halogens is 3. The molecule has 0 N–H and O–H groups in total. The molecule has 18 nitrogen and oxygen atoms in total. The van der Waals surface area contributed by atoms with E-state index in [9.17, 15) is 62.1 Å². The van der Waals surface area contributed by atoms with Crippen LogP contribution in [0.5, 0.6) is 0 Å². The Morgan fingerprint density at radius 2 is 0.634 bits per heavy atom. The van der Waals surface area contributed by atoms with Crippen LogP contribution in [0.3, 0.4) is 0 Å². The summed E-state index contributed by atoms with van der Waals surface area (Å²) in [7, 11) is -16.8. The molecule has 692 valence electrons. The third-order valence-corrected chi connectivity index (χ3v) is 35.5. The van der Waals surface area contributed by atoms with Gasteiger partial charge in [0.2, 0.25) is 0 Å². The third-order valence-electron chi connectivity index (χ3n) is 24.1. The minimum absolute atomic E-state index is 0.0146. The van der Waals surface area contributed by atoms with Gasteiger partial charge < -0.3 is 32.4 Å². The molecule has 0 radical (unpaired) electrons. The number of aryl methyl sites for hydroxylation is 1. The quantitative estimate of drug-likeness (QED) is 0.0212. The van der Waals surface area contributed by atoms with Gasteiger partial charge in [-0.3, -0.25) is 14.4 Å². The van der Waals surface area contributed by atoms with Crippen molar-refractivity contribution >= 4 is 111 Å². The number of ether oxygens (including phenoxy) is 3. The fourth-order valence-electron chi connectivity index (χ4n) is 19.2. The Morgan fingerprint density at radius 3 is 0.931 bits per heavy atom. The molecule has 0 unspecified atom stereocenters. The Balaban J connectivity index is 0.000000137. The predicted octanol–water partition coefficient (Wildman–Crippen LogP) is 18.1. The lowest BCUT2D eigenvalue weighted by Crippen LogP contribution is -3.61. The van der Waals surface area contributed by atoms with Gasteiger partial charge in [0.15, 0.2) is 50.8 Å². The summed E-state index contributed by atoms with van der Waals surface area (Å²) in [4.78, 5) is 45.5. The van der Waals surface area contributed by atoms with Gasteiger partial charge in [0.05, 0.1) is 96.3 Å². The van der Waals surface area contributed by atoms with Crippen molar-refractivity contribution in [3.05, 3.63) is 328 Å². The van der Waals surface area contributed by atoms with E-state index < -0.39 is 57.7 Å². The summed E-state index contributed by atoms with van der Waals surface area (Å²) in [6.07, 6.45) is 18.2. The maximum absolute atomic E-state index is 12.6. The van der Waals surface area contributed by atoms with Crippen molar-refractivity contribution in [1.82, 2.24) is 0 Å². The lowest BCUT2D eigenvalue weighted by molar-refractivity contribution is -0.597. The van der Waals surface area contributed by atoms with Crippen molar-refractivity contribution in [2.24, 2.45) is 52.3 Å². The van der Waals surface area contributed by atoms with E-state index in [4.69, 9.17) is 27.2 Å². The van der Waals surface area contributed by atoms with Crippen LogP contribution >= 0.6 is 10.5 Å². The van der Waals surface area contributed by atoms with E-state index in [1.54, 1.807) is 24.3 Å². The number of carbonyl (C=O) groups is 3. The van der Waals surface area contributed by atoms with Gasteiger partial charge in [0.1, 0.15) is 31.5 Å². The van der Waals surface area contributed by atoms with Crippen molar-refractivity contribution in [3.8, 4) is 4.90 Å². The molecule has 0 amide bonds. The molecule has 9 aliphatic rings. The minimum Gasteiger partial charge on any atom is -0.748 e. The van der Waals surface area contributed by atoms with Crippen LogP contribution < -0.4 is 21.2 Å². The minimum atomic E-state index is -4.30. The first kappa shape index (κ1) is 101. The Kier molecular flexibility index (Phi) is 36.8. The summed E-state index contributed by atoms with van der Waals surface area (Å²) in [5.41, 5.74) is 0.557. The van der Waals surface area contributed by atoms with Crippen LogP contribution in [0, 0.1) is 78.0 Å². The topological polar surface area (TPSA) is 308 Å². The Labute approximate surface area is 788 Å². The van der Waals surface area contributed by atoms with Gasteiger partial charge in [-0.15, -0.1) is 0 Å². The van der Waals surface area contributed by atoms with Crippen LogP contribution in [0.4, 0.5) is 8.78 Å². The first-order valence-electron chi connectivity index (χ1n) is 43.9. The largest absolute Gasteiger partial charge is 0.748 e. The lowest BCUT2D eigenvalue weighted by atomic mass is 9.49. The molecule has 9 aliphatic carbocycles. The molecule has 0 saturated heterocycles. The molecule has 28 heteroatoms. The average Bonchev–Trinajstić information content (AvgIpc) is 1.74. The van der Waals surface area contributed by atoms with Crippen molar-refractivity contribution in [2.75, 3.05) is 43.3 Å². The van der Waals surface area contributed by atoms with Crippen molar-refractivity contribution in [3.63, 3.8) is 0 Å². The SMILES string of the molecule is CS(=O)(=O)[O-].Cc1ccc([S+](c2ccccc2)c2ccccc2)cc1.Fc1ccc([I+]c2ccc(F)cc2)cc1.O=C(OCCS(=O)(=O)[O-])C12CC3CC(CC(C3)C1)C2.O=C(OCCS(=O)(=O)[O-])C12CC3CC(CC(C3)C1)C2.O=C(OCCS(=O)(=O)[O-])C1CCCCC1.c1ccc(-[s+]2c3ccccc3c3ccccc32)cc1.c1ccc([S+](c2ccccc2)c2ccccc2)cc1.